The molecule has 0 heterocycles. The Morgan fingerprint density at radius 3 is 2.50 bits per heavy atom. The van der Waals surface area contributed by atoms with E-state index in [1.54, 1.807) is 12.1 Å². The Labute approximate surface area is 149 Å². The molecule has 0 radical (unpaired) electrons. The monoisotopic (exact) mass is 359 g/mol. The van der Waals surface area contributed by atoms with E-state index in [0.717, 1.165) is 0 Å². The van der Waals surface area contributed by atoms with E-state index in [1.807, 2.05) is 0 Å². The smallest absolute Gasteiger partial charge is 0.475 e. The van der Waals surface area contributed by atoms with Gasteiger partial charge in [0.2, 0.25) is 0 Å². The van der Waals surface area contributed by atoms with E-state index in [4.69, 9.17) is 9.84 Å². The normalized spacial score (nSPS) is 11.5. The van der Waals surface area contributed by atoms with Gasteiger partial charge in [-0.2, -0.15) is 0 Å². The minimum Gasteiger partial charge on any atom is -0.507 e. The van der Waals surface area contributed by atoms with Crippen molar-refractivity contribution in [3.05, 3.63) is 59.2 Å². The maximum atomic E-state index is 12.3. The van der Waals surface area contributed by atoms with Crippen LogP contribution in [0.15, 0.2) is 42.5 Å². The highest BCUT2D eigenvalue weighted by Crippen LogP contribution is 2.24. The molecule has 1 unspecified atom stereocenters. The standard InChI is InChI=1S/C17H18BNO7/c1-26-12-6-2-5-11(8-12)16(21)19-14(18(24)25)9-10-4-3-7-13(15(10)20)17(22)23/h2-8,14,20,24-25H,9H2,1H3,(H,19,21)(H,22,23). The Kier molecular flexibility index (Phi) is 6.21. The first-order valence-corrected chi connectivity index (χ1v) is 7.68. The number of hydrogen-bond donors (Lipinski definition) is 5. The van der Waals surface area contributed by atoms with Gasteiger partial charge in [0, 0.05) is 5.56 Å². The number of amides is 1. The van der Waals surface area contributed by atoms with Crippen LogP contribution in [0.3, 0.4) is 0 Å². The molecule has 0 aliphatic heterocycles. The number of carbonyl (C=O) groups is 2. The van der Waals surface area contributed by atoms with Crippen molar-refractivity contribution < 1.29 is 34.6 Å². The average molecular weight is 359 g/mol. The highest BCUT2D eigenvalue weighted by molar-refractivity contribution is 6.43. The van der Waals surface area contributed by atoms with Gasteiger partial charge in [-0.1, -0.05) is 18.2 Å². The Hall–Kier alpha value is -3.04. The number of carboxylic acids is 1. The summed E-state index contributed by atoms with van der Waals surface area (Å²) in [4.78, 5) is 23.4. The number of rotatable bonds is 7. The third-order valence-corrected chi connectivity index (χ3v) is 3.80. The van der Waals surface area contributed by atoms with Crippen molar-refractivity contribution in [1.82, 2.24) is 5.32 Å². The van der Waals surface area contributed by atoms with Crippen LogP contribution in [-0.2, 0) is 6.42 Å². The Morgan fingerprint density at radius 1 is 1.19 bits per heavy atom. The average Bonchev–Trinajstić information content (AvgIpc) is 2.62. The second-order valence-electron chi connectivity index (χ2n) is 5.55. The lowest BCUT2D eigenvalue weighted by Gasteiger charge is -2.19. The molecule has 9 heteroatoms. The molecule has 26 heavy (non-hydrogen) atoms. The van der Waals surface area contributed by atoms with E-state index < -0.39 is 30.7 Å². The van der Waals surface area contributed by atoms with E-state index in [0.29, 0.717) is 5.75 Å². The summed E-state index contributed by atoms with van der Waals surface area (Å²) in [6.45, 7) is 0. The molecule has 136 valence electrons. The molecule has 0 spiro atoms. The molecule has 5 N–H and O–H groups in total. The molecule has 0 fully saturated rings. The fourth-order valence-corrected chi connectivity index (χ4v) is 2.41. The van der Waals surface area contributed by atoms with Gasteiger partial charge in [-0.05, 0) is 36.2 Å². The molecular weight excluding hydrogens is 341 g/mol. The third-order valence-electron chi connectivity index (χ3n) is 3.80. The van der Waals surface area contributed by atoms with Gasteiger partial charge in [0.15, 0.2) is 0 Å². The first-order valence-electron chi connectivity index (χ1n) is 7.68. The summed E-state index contributed by atoms with van der Waals surface area (Å²) in [5, 5.41) is 40.6. The van der Waals surface area contributed by atoms with Crippen molar-refractivity contribution in [2.45, 2.75) is 12.4 Å². The molecule has 0 saturated heterocycles. The second-order valence-corrected chi connectivity index (χ2v) is 5.55. The number of aromatic hydroxyl groups is 1. The SMILES string of the molecule is COc1cccc(C(=O)NC(Cc2cccc(C(=O)O)c2O)B(O)O)c1. The predicted octanol–water partition coefficient (Wildman–Crippen LogP) is 0.452. The third kappa shape index (κ3) is 4.53. The summed E-state index contributed by atoms with van der Waals surface area (Å²) < 4.78 is 5.04. The molecule has 1 atom stereocenters. The summed E-state index contributed by atoms with van der Waals surface area (Å²) in [5.41, 5.74) is 0.0975. The molecular formula is C17H18BNO7. The summed E-state index contributed by atoms with van der Waals surface area (Å²) in [7, 11) is -0.465. The molecule has 0 saturated carbocycles. The van der Waals surface area contributed by atoms with Gasteiger partial charge in [0.05, 0.1) is 13.1 Å². The van der Waals surface area contributed by atoms with Crippen LogP contribution < -0.4 is 10.1 Å². The van der Waals surface area contributed by atoms with Gasteiger partial charge in [-0.3, -0.25) is 4.79 Å². The van der Waals surface area contributed by atoms with Crippen LogP contribution in [0.1, 0.15) is 26.3 Å². The van der Waals surface area contributed by atoms with E-state index in [1.165, 1.54) is 37.4 Å². The van der Waals surface area contributed by atoms with Crippen molar-refractivity contribution in [2.75, 3.05) is 7.11 Å². The fraction of sp³-hybridized carbons (Fsp3) is 0.176. The number of benzene rings is 2. The van der Waals surface area contributed by atoms with Crippen LogP contribution in [0.4, 0.5) is 0 Å². The molecule has 0 aliphatic rings. The fourth-order valence-electron chi connectivity index (χ4n) is 2.41. The largest absolute Gasteiger partial charge is 0.507 e. The van der Waals surface area contributed by atoms with Gasteiger partial charge in [-0.25, -0.2) is 4.79 Å². The molecule has 2 rings (SSSR count). The van der Waals surface area contributed by atoms with Crippen LogP contribution in [-0.4, -0.2) is 52.3 Å². The number of nitrogens with one attached hydrogen (secondary N) is 1. The lowest BCUT2D eigenvalue weighted by atomic mass is 9.75. The molecule has 0 aromatic heterocycles. The summed E-state index contributed by atoms with van der Waals surface area (Å²) in [6, 6.07) is 10.4. The molecule has 0 aliphatic carbocycles. The molecule has 1 amide bonds. The van der Waals surface area contributed by atoms with Crippen LogP contribution in [0.2, 0.25) is 0 Å². The first kappa shape index (κ1) is 19.3. The quantitative estimate of drug-likeness (QED) is 0.453. The Morgan fingerprint density at radius 2 is 1.88 bits per heavy atom. The number of para-hydroxylation sites is 1. The maximum absolute atomic E-state index is 12.3. The van der Waals surface area contributed by atoms with Gasteiger partial charge < -0.3 is 30.3 Å². The number of hydrogen-bond acceptors (Lipinski definition) is 6. The van der Waals surface area contributed by atoms with E-state index in [-0.39, 0.29) is 23.1 Å². The predicted molar refractivity (Wildman–Crippen MR) is 93.2 cm³/mol. The van der Waals surface area contributed by atoms with Crippen molar-refractivity contribution in [1.29, 1.82) is 0 Å². The van der Waals surface area contributed by atoms with Gasteiger partial charge in [-0.15, -0.1) is 0 Å². The Balaban J connectivity index is 2.21. The Bertz CT molecular complexity index is 809. The second kappa shape index (κ2) is 8.37. The van der Waals surface area contributed by atoms with Crippen molar-refractivity contribution in [2.24, 2.45) is 0 Å². The van der Waals surface area contributed by atoms with Crippen LogP contribution in [0.25, 0.3) is 0 Å². The zero-order chi connectivity index (χ0) is 19.3. The first-order chi connectivity index (χ1) is 12.3. The topological polar surface area (TPSA) is 136 Å². The lowest BCUT2D eigenvalue weighted by molar-refractivity contribution is 0.0693. The molecule has 8 nitrogen and oxygen atoms in total. The zero-order valence-corrected chi connectivity index (χ0v) is 13.9. The number of aromatic carboxylic acids is 1. The molecule has 0 bridgehead atoms. The lowest BCUT2D eigenvalue weighted by Crippen LogP contribution is -2.47. The number of carbonyl (C=O) groups excluding carboxylic acids is 1. The van der Waals surface area contributed by atoms with E-state index in [2.05, 4.69) is 5.32 Å². The summed E-state index contributed by atoms with van der Waals surface area (Å²) >= 11 is 0. The molecule has 2 aromatic carbocycles. The summed E-state index contributed by atoms with van der Waals surface area (Å²) in [6.07, 6.45) is -0.180. The maximum Gasteiger partial charge on any atom is 0.475 e. The minimum absolute atomic E-state index is 0.161. The van der Waals surface area contributed by atoms with Crippen molar-refractivity contribution >= 4 is 19.0 Å². The van der Waals surface area contributed by atoms with Gasteiger partial charge in [0.1, 0.15) is 17.1 Å². The van der Waals surface area contributed by atoms with Crippen molar-refractivity contribution in [3.8, 4) is 11.5 Å². The number of ether oxygens (including phenoxy) is 1. The van der Waals surface area contributed by atoms with E-state index >= 15 is 0 Å². The molecule has 2 aromatic rings. The highest BCUT2D eigenvalue weighted by atomic mass is 16.5. The highest BCUT2D eigenvalue weighted by Gasteiger charge is 2.28. The minimum atomic E-state index is -1.92. The number of methoxy groups -OCH3 is 1. The van der Waals surface area contributed by atoms with E-state index in [9.17, 15) is 24.7 Å². The summed E-state index contributed by atoms with van der Waals surface area (Å²) in [5.74, 6) is -3.07. The number of phenols is 1. The van der Waals surface area contributed by atoms with Crippen molar-refractivity contribution in [3.63, 3.8) is 0 Å². The van der Waals surface area contributed by atoms with Crippen LogP contribution in [0.5, 0.6) is 11.5 Å². The van der Waals surface area contributed by atoms with Crippen LogP contribution in [0, 0.1) is 0 Å². The zero-order valence-electron chi connectivity index (χ0n) is 13.9. The van der Waals surface area contributed by atoms with Crippen LogP contribution >= 0.6 is 0 Å². The number of carboxylic acid groups (broad SMARTS) is 1. The van der Waals surface area contributed by atoms with Gasteiger partial charge >= 0.3 is 13.1 Å². The van der Waals surface area contributed by atoms with Gasteiger partial charge in [0.25, 0.3) is 5.91 Å².